The van der Waals surface area contributed by atoms with E-state index in [1.165, 1.54) is 0 Å². The van der Waals surface area contributed by atoms with Crippen LogP contribution >= 0.6 is 0 Å². The first-order valence-electron chi connectivity index (χ1n) is 9.44. The molecule has 0 saturated carbocycles. The van der Waals surface area contributed by atoms with Gasteiger partial charge in [0, 0.05) is 37.9 Å². The molecule has 1 unspecified atom stereocenters. The number of ether oxygens (including phenoxy) is 1. The number of aromatic nitrogens is 2. The normalized spacial score (nSPS) is 17.3. The number of nitrogens with one attached hydrogen (secondary N) is 1. The average molecular weight is 386 g/mol. The Bertz CT molecular complexity index is 822. The number of rotatable bonds is 5. The third-order valence-corrected chi connectivity index (χ3v) is 4.77. The maximum absolute atomic E-state index is 12.9. The summed E-state index contributed by atoms with van der Waals surface area (Å²) in [6.45, 7) is 5.54. The molecule has 1 saturated heterocycles. The van der Waals surface area contributed by atoms with E-state index in [2.05, 4.69) is 10.2 Å². The molecule has 0 radical (unpaired) electrons. The number of aliphatic hydroxyl groups is 1. The van der Waals surface area contributed by atoms with Gasteiger partial charge in [-0.25, -0.2) is 0 Å². The Morgan fingerprint density at radius 1 is 1.29 bits per heavy atom. The van der Waals surface area contributed by atoms with E-state index in [0.717, 1.165) is 16.9 Å². The highest BCUT2D eigenvalue weighted by molar-refractivity contribution is 5.94. The van der Waals surface area contributed by atoms with Gasteiger partial charge < -0.3 is 19.6 Å². The van der Waals surface area contributed by atoms with E-state index in [4.69, 9.17) is 4.74 Å². The van der Waals surface area contributed by atoms with Gasteiger partial charge in [0.2, 0.25) is 5.91 Å². The molecule has 28 heavy (non-hydrogen) atoms. The number of carbonyl (C=O) groups is 2. The molecule has 1 fully saturated rings. The van der Waals surface area contributed by atoms with Gasteiger partial charge in [-0.1, -0.05) is 0 Å². The van der Waals surface area contributed by atoms with Crippen molar-refractivity contribution in [2.45, 2.75) is 26.4 Å². The predicted octanol–water partition coefficient (Wildman–Crippen LogP) is 1.00. The summed E-state index contributed by atoms with van der Waals surface area (Å²) in [6.07, 6.45) is 2.71. The summed E-state index contributed by atoms with van der Waals surface area (Å²) in [5.41, 5.74) is 2.23. The Kier molecular flexibility index (Phi) is 6.30. The third kappa shape index (κ3) is 4.69. The van der Waals surface area contributed by atoms with Crippen molar-refractivity contribution in [2.75, 3.05) is 32.8 Å². The molecule has 0 bridgehead atoms. The highest BCUT2D eigenvalue weighted by Gasteiger charge is 2.27. The van der Waals surface area contributed by atoms with Gasteiger partial charge in [-0.05, 0) is 43.2 Å². The van der Waals surface area contributed by atoms with Crippen LogP contribution in [-0.2, 0) is 11.2 Å². The maximum Gasteiger partial charge on any atom is 0.254 e. The SMILES string of the molecule is CCOc1ccc(C(=O)N2CCN(C(=O)Cc3cn[nH]c3)CC(O)C2)cc1C. The molecule has 2 heterocycles. The van der Waals surface area contributed by atoms with Crippen LogP contribution in [0.4, 0.5) is 0 Å². The number of aliphatic hydroxyl groups excluding tert-OH is 1. The summed E-state index contributed by atoms with van der Waals surface area (Å²) in [5, 5.41) is 16.9. The van der Waals surface area contributed by atoms with Crippen molar-refractivity contribution in [3.8, 4) is 5.75 Å². The van der Waals surface area contributed by atoms with Crippen LogP contribution in [0.5, 0.6) is 5.75 Å². The number of nitrogens with zero attached hydrogens (tertiary/aromatic N) is 3. The van der Waals surface area contributed by atoms with Crippen molar-refractivity contribution in [3.63, 3.8) is 0 Å². The smallest absolute Gasteiger partial charge is 0.254 e. The zero-order chi connectivity index (χ0) is 20.1. The number of hydrogen-bond acceptors (Lipinski definition) is 5. The molecular formula is C20H26N4O4. The number of β-amino-alcohol motifs (C(OH)–C–C–N with tert-alkyl or cyclic N) is 1. The first kappa shape index (κ1) is 19.9. The minimum Gasteiger partial charge on any atom is -0.494 e. The number of carbonyl (C=O) groups excluding carboxylic acids is 2. The van der Waals surface area contributed by atoms with E-state index in [0.29, 0.717) is 25.3 Å². The lowest BCUT2D eigenvalue weighted by atomic mass is 10.1. The maximum atomic E-state index is 12.9. The molecule has 8 nitrogen and oxygen atoms in total. The molecule has 1 atom stereocenters. The zero-order valence-electron chi connectivity index (χ0n) is 16.2. The van der Waals surface area contributed by atoms with E-state index in [9.17, 15) is 14.7 Å². The van der Waals surface area contributed by atoms with Crippen LogP contribution in [0.1, 0.15) is 28.4 Å². The van der Waals surface area contributed by atoms with Crippen LogP contribution in [0.25, 0.3) is 0 Å². The Balaban J connectivity index is 1.66. The minimum atomic E-state index is -0.788. The fourth-order valence-corrected chi connectivity index (χ4v) is 3.34. The number of amides is 2. The molecule has 1 aromatic heterocycles. The van der Waals surface area contributed by atoms with E-state index in [1.807, 2.05) is 13.8 Å². The van der Waals surface area contributed by atoms with Gasteiger partial charge in [-0.3, -0.25) is 14.7 Å². The second kappa shape index (κ2) is 8.88. The van der Waals surface area contributed by atoms with Gasteiger partial charge in [0.15, 0.2) is 0 Å². The fraction of sp³-hybridized carbons (Fsp3) is 0.450. The zero-order valence-corrected chi connectivity index (χ0v) is 16.2. The van der Waals surface area contributed by atoms with E-state index < -0.39 is 6.10 Å². The van der Waals surface area contributed by atoms with Crippen molar-refractivity contribution in [1.82, 2.24) is 20.0 Å². The quantitative estimate of drug-likeness (QED) is 0.799. The van der Waals surface area contributed by atoms with Gasteiger partial charge in [0.1, 0.15) is 5.75 Å². The molecule has 150 valence electrons. The summed E-state index contributed by atoms with van der Waals surface area (Å²) < 4.78 is 5.52. The summed E-state index contributed by atoms with van der Waals surface area (Å²) in [5.74, 6) is 0.506. The van der Waals surface area contributed by atoms with E-state index in [1.54, 1.807) is 40.4 Å². The average Bonchev–Trinajstić information content (AvgIpc) is 3.09. The van der Waals surface area contributed by atoms with Crippen LogP contribution in [-0.4, -0.2) is 75.8 Å². The number of aromatic amines is 1. The lowest BCUT2D eigenvalue weighted by molar-refractivity contribution is -0.131. The van der Waals surface area contributed by atoms with E-state index >= 15 is 0 Å². The van der Waals surface area contributed by atoms with Gasteiger partial charge in [0.05, 0.1) is 25.3 Å². The van der Waals surface area contributed by atoms with Gasteiger partial charge >= 0.3 is 0 Å². The molecule has 1 aliphatic heterocycles. The molecule has 0 spiro atoms. The Hall–Kier alpha value is -2.87. The number of benzene rings is 1. The van der Waals surface area contributed by atoms with Gasteiger partial charge in [-0.2, -0.15) is 5.10 Å². The first-order chi connectivity index (χ1) is 13.5. The summed E-state index contributed by atoms with van der Waals surface area (Å²) in [4.78, 5) is 28.6. The summed E-state index contributed by atoms with van der Waals surface area (Å²) in [6, 6.07) is 5.33. The van der Waals surface area contributed by atoms with Crippen molar-refractivity contribution in [3.05, 3.63) is 47.3 Å². The van der Waals surface area contributed by atoms with Crippen molar-refractivity contribution < 1.29 is 19.4 Å². The Morgan fingerprint density at radius 2 is 2.04 bits per heavy atom. The van der Waals surface area contributed by atoms with Crippen LogP contribution in [0.2, 0.25) is 0 Å². The predicted molar refractivity (Wildman–Crippen MR) is 103 cm³/mol. The van der Waals surface area contributed by atoms with E-state index in [-0.39, 0.29) is 31.3 Å². The van der Waals surface area contributed by atoms with Crippen LogP contribution < -0.4 is 4.74 Å². The molecule has 2 aromatic rings. The second-order valence-corrected chi connectivity index (χ2v) is 6.94. The molecule has 3 rings (SSSR count). The largest absolute Gasteiger partial charge is 0.494 e. The number of aryl methyl sites for hydroxylation is 1. The topological polar surface area (TPSA) is 98.8 Å². The van der Waals surface area contributed by atoms with Crippen molar-refractivity contribution >= 4 is 11.8 Å². The monoisotopic (exact) mass is 386 g/mol. The minimum absolute atomic E-state index is 0.0911. The second-order valence-electron chi connectivity index (χ2n) is 6.94. The van der Waals surface area contributed by atoms with Crippen molar-refractivity contribution in [2.24, 2.45) is 0 Å². The van der Waals surface area contributed by atoms with Crippen LogP contribution in [0.15, 0.2) is 30.6 Å². The molecule has 2 amide bonds. The lowest BCUT2D eigenvalue weighted by Crippen LogP contribution is -2.38. The fourth-order valence-electron chi connectivity index (χ4n) is 3.34. The van der Waals surface area contributed by atoms with Gasteiger partial charge in [-0.15, -0.1) is 0 Å². The van der Waals surface area contributed by atoms with Crippen LogP contribution in [0, 0.1) is 6.92 Å². The molecule has 1 aliphatic rings. The first-order valence-corrected chi connectivity index (χ1v) is 9.44. The molecule has 0 aliphatic carbocycles. The standard InChI is InChI=1S/C20H26N4O4/c1-3-28-18-5-4-16(8-14(18)2)20(27)24-7-6-23(12-17(25)13-24)19(26)9-15-10-21-22-11-15/h4-5,8,10-11,17,25H,3,6-7,9,12-13H2,1-2H3,(H,21,22). The molecule has 8 heteroatoms. The number of H-pyrrole nitrogens is 1. The summed E-state index contributed by atoms with van der Waals surface area (Å²) >= 11 is 0. The lowest BCUT2D eigenvalue weighted by Gasteiger charge is -2.22. The van der Waals surface area contributed by atoms with Crippen LogP contribution in [0.3, 0.4) is 0 Å². The third-order valence-electron chi connectivity index (χ3n) is 4.77. The van der Waals surface area contributed by atoms with Crippen molar-refractivity contribution in [1.29, 1.82) is 0 Å². The number of hydrogen-bond donors (Lipinski definition) is 2. The summed E-state index contributed by atoms with van der Waals surface area (Å²) in [7, 11) is 0. The molecule has 1 aromatic carbocycles. The highest BCUT2D eigenvalue weighted by Crippen LogP contribution is 2.20. The molecular weight excluding hydrogens is 360 g/mol. The van der Waals surface area contributed by atoms with Gasteiger partial charge in [0.25, 0.3) is 5.91 Å². The highest BCUT2D eigenvalue weighted by atomic mass is 16.5. The Morgan fingerprint density at radius 3 is 2.71 bits per heavy atom. The Labute approximate surface area is 164 Å². The molecule has 2 N–H and O–H groups in total.